The summed E-state index contributed by atoms with van der Waals surface area (Å²) in [6.45, 7) is 2.20. The molecule has 0 spiro atoms. The Bertz CT molecular complexity index is 1180. The van der Waals surface area contributed by atoms with Crippen molar-refractivity contribution in [2.24, 2.45) is 0 Å². The van der Waals surface area contributed by atoms with Crippen LogP contribution in [0.5, 0.6) is 0 Å². The molecule has 0 aromatic carbocycles. The van der Waals surface area contributed by atoms with E-state index in [0.29, 0.717) is 12.8 Å². The van der Waals surface area contributed by atoms with E-state index in [-0.39, 0.29) is 19.4 Å². The van der Waals surface area contributed by atoms with Gasteiger partial charge in [-0.3, -0.25) is 18.6 Å². The summed E-state index contributed by atoms with van der Waals surface area (Å²) >= 11 is 0. The monoisotopic (exact) mass is 823 g/mol. The minimum Gasteiger partial charge on any atom is -0.462 e. The van der Waals surface area contributed by atoms with Crippen LogP contribution in [0.2, 0.25) is 0 Å². The fourth-order valence-electron chi connectivity index (χ4n) is 5.48. The summed E-state index contributed by atoms with van der Waals surface area (Å²) in [4.78, 5) is 35.0. The zero-order chi connectivity index (χ0) is 41.9. The zero-order valence-electron chi connectivity index (χ0n) is 35.5. The minimum atomic E-state index is -4.63. The van der Waals surface area contributed by atoms with Crippen LogP contribution in [0.4, 0.5) is 0 Å². The molecule has 0 saturated carbocycles. The molecule has 328 valence electrons. The van der Waals surface area contributed by atoms with Crippen molar-refractivity contribution in [3.05, 3.63) is 72.9 Å². The molecule has 11 heteroatoms. The Morgan fingerprint density at radius 1 is 0.544 bits per heavy atom. The lowest BCUT2D eigenvalue weighted by molar-refractivity contribution is -0.161. The van der Waals surface area contributed by atoms with Gasteiger partial charge in [-0.05, 0) is 83.5 Å². The summed E-state index contributed by atoms with van der Waals surface area (Å²) in [7, 11) is -4.63. The van der Waals surface area contributed by atoms with Crippen LogP contribution in [0.25, 0.3) is 0 Å². The van der Waals surface area contributed by atoms with Crippen LogP contribution in [0.1, 0.15) is 168 Å². The van der Waals surface area contributed by atoms with E-state index in [1.54, 1.807) is 0 Å². The van der Waals surface area contributed by atoms with E-state index < -0.39 is 51.8 Å². The van der Waals surface area contributed by atoms with Crippen LogP contribution in [0, 0.1) is 0 Å². The number of rotatable bonds is 40. The Kier molecular flexibility index (Phi) is 39.7. The fraction of sp³-hybridized carbons (Fsp3) is 0.696. The molecule has 0 radical (unpaired) electrons. The molecule has 57 heavy (non-hydrogen) atoms. The standard InChI is InChI=1S/C46H79O10P/c1-3-5-7-9-11-13-15-17-19-20-21-22-24-26-28-30-32-34-36-38-46(50)56-44(42-55-57(51,52)54-40-43(48)39-47)41-53-45(49)37-35-33-31-29-27-25-23-18-16-14-12-10-8-6-4-2/h5,7,11,13,17-19,21-23,26,28,43-44,47-48H,3-4,6,8-10,12,14-16,20,24-25,27,29-42H2,1-2H3,(H,51,52)/t43-,44+/m0/s1. The minimum absolute atomic E-state index is 0.140. The number of phosphoric ester groups is 1. The predicted octanol–water partition coefficient (Wildman–Crippen LogP) is 11.7. The second-order valence-electron chi connectivity index (χ2n) is 14.3. The summed E-state index contributed by atoms with van der Waals surface area (Å²) in [6.07, 6.45) is 47.2. The van der Waals surface area contributed by atoms with E-state index in [0.717, 1.165) is 89.9 Å². The molecule has 1 unspecified atom stereocenters. The number of allylic oxidation sites excluding steroid dienone is 12. The topological polar surface area (TPSA) is 149 Å². The largest absolute Gasteiger partial charge is 0.472 e. The first-order valence-electron chi connectivity index (χ1n) is 21.9. The molecule has 0 aliphatic rings. The van der Waals surface area contributed by atoms with Gasteiger partial charge in [0.05, 0.1) is 19.8 Å². The van der Waals surface area contributed by atoms with Crippen molar-refractivity contribution in [2.45, 2.75) is 180 Å². The van der Waals surface area contributed by atoms with Crippen molar-refractivity contribution in [3.63, 3.8) is 0 Å². The van der Waals surface area contributed by atoms with Crippen molar-refractivity contribution in [2.75, 3.05) is 26.4 Å². The van der Waals surface area contributed by atoms with Crippen molar-refractivity contribution < 1.29 is 47.8 Å². The molecule has 0 fully saturated rings. The first-order chi connectivity index (χ1) is 27.7. The number of unbranched alkanes of at least 4 members (excludes halogenated alkanes) is 14. The van der Waals surface area contributed by atoms with Crippen LogP contribution in [0.15, 0.2) is 72.9 Å². The summed E-state index contributed by atoms with van der Waals surface area (Å²) < 4.78 is 32.7. The Hall–Kier alpha value is -2.59. The molecule has 0 aliphatic heterocycles. The predicted molar refractivity (Wildman–Crippen MR) is 233 cm³/mol. The summed E-state index contributed by atoms with van der Waals surface area (Å²) in [5.74, 6) is -0.977. The fourth-order valence-corrected chi connectivity index (χ4v) is 6.27. The van der Waals surface area contributed by atoms with E-state index in [4.69, 9.17) is 19.1 Å². The van der Waals surface area contributed by atoms with Crippen LogP contribution in [0.3, 0.4) is 0 Å². The molecule has 0 saturated heterocycles. The molecule has 3 N–H and O–H groups in total. The van der Waals surface area contributed by atoms with Gasteiger partial charge >= 0.3 is 19.8 Å². The number of ether oxygens (including phenoxy) is 2. The number of aliphatic hydroxyl groups excluding tert-OH is 2. The lowest BCUT2D eigenvalue weighted by atomic mass is 10.1. The number of hydrogen-bond acceptors (Lipinski definition) is 9. The highest BCUT2D eigenvalue weighted by Gasteiger charge is 2.27. The van der Waals surface area contributed by atoms with Gasteiger partial charge in [-0.15, -0.1) is 0 Å². The van der Waals surface area contributed by atoms with Crippen molar-refractivity contribution in [3.8, 4) is 0 Å². The Morgan fingerprint density at radius 2 is 0.965 bits per heavy atom. The SMILES string of the molecule is CCC=CCC=CCC=CCC=CCC=CCCCCCC(=O)O[C@H](COC(=O)CCCCCCCC=CCCCCCCCC)COP(=O)(O)OC[C@@H](O)CO. The Balaban J connectivity index is 4.39. The Labute approximate surface area is 346 Å². The van der Waals surface area contributed by atoms with Gasteiger partial charge in [-0.2, -0.15) is 0 Å². The molecule has 0 rings (SSSR count). The smallest absolute Gasteiger partial charge is 0.462 e. The van der Waals surface area contributed by atoms with Gasteiger partial charge in [0.15, 0.2) is 6.10 Å². The normalized spacial score (nSPS) is 14.5. The number of carbonyl (C=O) groups excluding carboxylic acids is 2. The van der Waals surface area contributed by atoms with Gasteiger partial charge in [0.25, 0.3) is 0 Å². The second-order valence-corrected chi connectivity index (χ2v) is 15.8. The molecule has 0 amide bonds. The highest BCUT2D eigenvalue weighted by Crippen LogP contribution is 2.43. The number of hydrogen-bond donors (Lipinski definition) is 3. The first-order valence-corrected chi connectivity index (χ1v) is 23.4. The summed E-state index contributed by atoms with van der Waals surface area (Å²) in [5.41, 5.74) is 0. The van der Waals surface area contributed by atoms with Crippen molar-refractivity contribution in [1.29, 1.82) is 0 Å². The van der Waals surface area contributed by atoms with Crippen LogP contribution in [-0.4, -0.2) is 65.7 Å². The van der Waals surface area contributed by atoms with E-state index in [2.05, 4.69) is 91.3 Å². The second kappa shape index (κ2) is 41.6. The quantitative estimate of drug-likeness (QED) is 0.0236. The van der Waals surface area contributed by atoms with Crippen LogP contribution in [-0.2, 0) is 32.7 Å². The maximum atomic E-state index is 12.6. The number of phosphoric acid groups is 1. The third kappa shape index (κ3) is 41.4. The molecular formula is C46H79O10P. The van der Waals surface area contributed by atoms with Gasteiger partial charge < -0.3 is 24.6 Å². The number of carbonyl (C=O) groups is 2. The van der Waals surface area contributed by atoms with Crippen molar-refractivity contribution >= 4 is 19.8 Å². The highest BCUT2D eigenvalue weighted by atomic mass is 31.2. The molecule has 0 aromatic rings. The third-order valence-electron chi connectivity index (χ3n) is 8.84. The molecule has 0 bridgehead atoms. The lowest BCUT2D eigenvalue weighted by Gasteiger charge is -2.20. The average molecular weight is 823 g/mol. The molecule has 3 atom stereocenters. The first kappa shape index (κ1) is 54.4. The van der Waals surface area contributed by atoms with Crippen LogP contribution >= 0.6 is 7.82 Å². The third-order valence-corrected chi connectivity index (χ3v) is 9.80. The molecule has 10 nitrogen and oxygen atoms in total. The molecular weight excluding hydrogens is 743 g/mol. The summed E-state index contributed by atoms with van der Waals surface area (Å²) in [5, 5.41) is 18.3. The number of aliphatic hydroxyl groups is 2. The number of esters is 2. The maximum absolute atomic E-state index is 12.6. The lowest BCUT2D eigenvalue weighted by Crippen LogP contribution is -2.29. The van der Waals surface area contributed by atoms with E-state index in [9.17, 15) is 24.2 Å². The molecule has 0 heterocycles. The van der Waals surface area contributed by atoms with Crippen LogP contribution < -0.4 is 0 Å². The maximum Gasteiger partial charge on any atom is 0.472 e. The van der Waals surface area contributed by atoms with E-state index >= 15 is 0 Å². The van der Waals surface area contributed by atoms with Gasteiger partial charge in [-0.25, -0.2) is 4.57 Å². The van der Waals surface area contributed by atoms with Gasteiger partial charge in [0.1, 0.15) is 12.7 Å². The van der Waals surface area contributed by atoms with Gasteiger partial charge in [0.2, 0.25) is 0 Å². The van der Waals surface area contributed by atoms with E-state index in [1.807, 2.05) is 0 Å². The van der Waals surface area contributed by atoms with Gasteiger partial charge in [0, 0.05) is 12.8 Å². The molecule has 0 aromatic heterocycles. The Morgan fingerprint density at radius 3 is 1.49 bits per heavy atom. The van der Waals surface area contributed by atoms with Crippen molar-refractivity contribution in [1.82, 2.24) is 0 Å². The van der Waals surface area contributed by atoms with Gasteiger partial charge in [-0.1, -0.05) is 145 Å². The average Bonchev–Trinajstić information content (AvgIpc) is 3.20. The highest BCUT2D eigenvalue weighted by molar-refractivity contribution is 7.47. The summed E-state index contributed by atoms with van der Waals surface area (Å²) in [6, 6.07) is 0. The molecule has 0 aliphatic carbocycles. The zero-order valence-corrected chi connectivity index (χ0v) is 36.4. The van der Waals surface area contributed by atoms with E-state index in [1.165, 1.54) is 38.5 Å².